The number of aliphatic hydroxyl groups is 1. The molecular formula is C10H13N5OS. The molecule has 2 atom stereocenters. The van der Waals surface area contributed by atoms with Gasteiger partial charge in [0.15, 0.2) is 11.5 Å². The molecule has 0 aromatic carbocycles. The van der Waals surface area contributed by atoms with E-state index < -0.39 is 0 Å². The Labute approximate surface area is 102 Å². The Kier molecular flexibility index (Phi) is 2.64. The predicted molar refractivity (Wildman–Crippen MR) is 66.5 cm³/mol. The molecule has 90 valence electrons. The number of fused-ring (bicyclic) bond motifs is 1. The topological polar surface area (TPSA) is 89.9 Å². The van der Waals surface area contributed by atoms with Gasteiger partial charge in [-0.15, -0.1) is 11.8 Å². The van der Waals surface area contributed by atoms with Crippen LogP contribution in [0.2, 0.25) is 0 Å². The fourth-order valence-electron chi connectivity index (χ4n) is 2.11. The number of anilines is 1. The minimum absolute atomic E-state index is 0.227. The summed E-state index contributed by atoms with van der Waals surface area (Å²) in [5, 5.41) is 9.75. The Morgan fingerprint density at radius 3 is 3.06 bits per heavy atom. The van der Waals surface area contributed by atoms with Gasteiger partial charge in [-0.1, -0.05) is 0 Å². The maximum Gasteiger partial charge on any atom is 0.166 e. The van der Waals surface area contributed by atoms with E-state index in [9.17, 15) is 0 Å². The van der Waals surface area contributed by atoms with Gasteiger partial charge < -0.3 is 15.4 Å². The van der Waals surface area contributed by atoms with E-state index in [0.717, 1.165) is 18.5 Å². The lowest BCUT2D eigenvalue weighted by molar-refractivity contribution is 0.292. The smallest absolute Gasteiger partial charge is 0.166 e. The van der Waals surface area contributed by atoms with Crippen molar-refractivity contribution in [2.75, 3.05) is 12.3 Å². The first-order valence-electron chi connectivity index (χ1n) is 5.49. The molecule has 6 nitrogen and oxygen atoms in total. The van der Waals surface area contributed by atoms with Gasteiger partial charge in [0.25, 0.3) is 0 Å². The molecule has 0 bridgehead atoms. The van der Waals surface area contributed by atoms with Crippen molar-refractivity contribution in [3.8, 4) is 0 Å². The van der Waals surface area contributed by atoms with Gasteiger partial charge in [-0.25, -0.2) is 15.0 Å². The second-order valence-corrected chi connectivity index (χ2v) is 5.54. The summed E-state index contributed by atoms with van der Waals surface area (Å²) in [4.78, 5) is 12.4. The highest BCUT2D eigenvalue weighted by Gasteiger charge is 2.27. The number of thioether (sulfide) groups is 1. The molecule has 1 fully saturated rings. The van der Waals surface area contributed by atoms with Gasteiger partial charge in [0.05, 0.1) is 18.3 Å². The molecule has 7 heteroatoms. The quantitative estimate of drug-likeness (QED) is 0.820. The number of nitrogens with two attached hydrogens (primary N) is 1. The molecule has 17 heavy (non-hydrogen) atoms. The van der Waals surface area contributed by atoms with Crippen molar-refractivity contribution in [2.45, 2.75) is 23.5 Å². The second-order valence-electron chi connectivity index (χ2n) is 4.06. The Morgan fingerprint density at radius 2 is 2.29 bits per heavy atom. The number of hydrogen-bond acceptors (Lipinski definition) is 6. The third kappa shape index (κ3) is 1.75. The van der Waals surface area contributed by atoms with Gasteiger partial charge in [-0.05, 0) is 12.8 Å². The summed E-state index contributed by atoms with van der Waals surface area (Å²) in [5.41, 5.74) is 7.17. The molecule has 1 unspecified atom stereocenters. The molecular weight excluding hydrogens is 238 g/mol. The number of rotatable bonds is 2. The van der Waals surface area contributed by atoms with Crippen molar-refractivity contribution in [3.05, 3.63) is 12.7 Å². The van der Waals surface area contributed by atoms with Gasteiger partial charge in [0.2, 0.25) is 0 Å². The molecule has 3 heterocycles. The van der Waals surface area contributed by atoms with Gasteiger partial charge in [0, 0.05) is 5.25 Å². The molecule has 0 amide bonds. The van der Waals surface area contributed by atoms with Crippen LogP contribution in [0.1, 0.15) is 18.2 Å². The van der Waals surface area contributed by atoms with Crippen LogP contribution in [0.5, 0.6) is 0 Å². The number of hydrogen-bond donors (Lipinski definition) is 2. The van der Waals surface area contributed by atoms with Crippen molar-refractivity contribution in [3.63, 3.8) is 0 Å². The van der Waals surface area contributed by atoms with Gasteiger partial charge in [-0.3, -0.25) is 0 Å². The van der Waals surface area contributed by atoms with E-state index in [-0.39, 0.29) is 12.0 Å². The Hall–Kier alpha value is -1.34. The number of nitrogens with zero attached hydrogens (tertiary/aromatic N) is 4. The van der Waals surface area contributed by atoms with Gasteiger partial charge >= 0.3 is 0 Å². The first-order chi connectivity index (χ1) is 8.29. The maximum atomic E-state index is 9.15. The standard InChI is InChI=1S/C10H13N5OS/c11-9-8-10(13-4-12-9)15(5-14-8)7-2-1-6(3-16)17-7/h4-7,16H,1-3H2,(H2,11,12,13)/t6-,7?/m0/s1. The zero-order valence-electron chi connectivity index (χ0n) is 9.15. The molecule has 0 spiro atoms. The predicted octanol–water partition coefficient (Wildman–Crippen LogP) is 0.795. The Balaban J connectivity index is 1.99. The van der Waals surface area contributed by atoms with Crippen LogP contribution in [0.25, 0.3) is 11.2 Å². The first-order valence-corrected chi connectivity index (χ1v) is 6.43. The monoisotopic (exact) mass is 251 g/mol. The van der Waals surface area contributed by atoms with E-state index in [4.69, 9.17) is 10.8 Å². The maximum absolute atomic E-state index is 9.15. The van der Waals surface area contributed by atoms with E-state index in [1.807, 2.05) is 4.57 Å². The van der Waals surface area contributed by atoms with Crippen molar-refractivity contribution >= 4 is 28.7 Å². The number of aliphatic hydroxyl groups excluding tert-OH is 1. The SMILES string of the molecule is Nc1ncnc2c1ncn2C1CC[C@@H](CO)S1. The van der Waals surface area contributed by atoms with E-state index in [1.54, 1.807) is 18.1 Å². The average Bonchev–Trinajstić information content (AvgIpc) is 2.94. The summed E-state index contributed by atoms with van der Waals surface area (Å²) in [6, 6.07) is 0. The second kappa shape index (κ2) is 4.15. The molecule has 2 aromatic rings. The zero-order chi connectivity index (χ0) is 11.8. The van der Waals surface area contributed by atoms with Gasteiger partial charge in [0.1, 0.15) is 11.8 Å². The lowest BCUT2D eigenvalue weighted by atomic mass is 10.2. The normalized spacial score (nSPS) is 24.5. The largest absolute Gasteiger partial charge is 0.395 e. The highest BCUT2D eigenvalue weighted by atomic mass is 32.2. The van der Waals surface area contributed by atoms with E-state index in [2.05, 4.69) is 15.0 Å². The molecule has 1 aliphatic rings. The van der Waals surface area contributed by atoms with Crippen LogP contribution in [-0.4, -0.2) is 36.5 Å². The lowest BCUT2D eigenvalue weighted by Gasteiger charge is -2.11. The van der Waals surface area contributed by atoms with Crippen LogP contribution < -0.4 is 5.73 Å². The van der Waals surface area contributed by atoms with E-state index in [0.29, 0.717) is 16.6 Å². The summed E-state index contributed by atoms with van der Waals surface area (Å²) >= 11 is 1.76. The summed E-state index contributed by atoms with van der Waals surface area (Å²) < 4.78 is 2.02. The number of aromatic nitrogens is 4. The van der Waals surface area contributed by atoms with Crippen LogP contribution >= 0.6 is 11.8 Å². The van der Waals surface area contributed by atoms with Crippen LogP contribution in [0, 0.1) is 0 Å². The highest BCUT2D eigenvalue weighted by Crippen LogP contribution is 2.42. The van der Waals surface area contributed by atoms with Gasteiger partial charge in [-0.2, -0.15) is 0 Å². The molecule has 0 aliphatic carbocycles. The summed E-state index contributed by atoms with van der Waals surface area (Å²) in [7, 11) is 0. The zero-order valence-corrected chi connectivity index (χ0v) is 9.97. The highest BCUT2D eigenvalue weighted by molar-refractivity contribution is 8.00. The van der Waals surface area contributed by atoms with Crippen LogP contribution in [0.15, 0.2) is 12.7 Å². The summed E-state index contributed by atoms with van der Waals surface area (Å²) in [6.07, 6.45) is 5.25. The lowest BCUT2D eigenvalue weighted by Crippen LogP contribution is -2.04. The van der Waals surface area contributed by atoms with Crippen molar-refractivity contribution < 1.29 is 5.11 Å². The molecule has 1 aliphatic heterocycles. The van der Waals surface area contributed by atoms with E-state index >= 15 is 0 Å². The fraction of sp³-hybridized carbons (Fsp3) is 0.500. The fourth-order valence-corrected chi connectivity index (χ4v) is 3.47. The molecule has 3 rings (SSSR count). The third-order valence-corrected chi connectivity index (χ3v) is 4.53. The summed E-state index contributed by atoms with van der Waals surface area (Å²) in [5.74, 6) is 0.412. The Bertz CT molecular complexity index is 542. The van der Waals surface area contributed by atoms with Crippen molar-refractivity contribution in [1.82, 2.24) is 19.5 Å². The summed E-state index contributed by atoms with van der Waals surface area (Å²) in [6.45, 7) is 0.227. The average molecular weight is 251 g/mol. The molecule has 0 radical (unpaired) electrons. The first kappa shape index (κ1) is 10.8. The van der Waals surface area contributed by atoms with Crippen LogP contribution in [-0.2, 0) is 0 Å². The number of imidazole rings is 1. The third-order valence-electron chi connectivity index (χ3n) is 2.99. The minimum Gasteiger partial charge on any atom is -0.395 e. The molecule has 0 saturated carbocycles. The number of nitrogen functional groups attached to an aromatic ring is 1. The van der Waals surface area contributed by atoms with Crippen molar-refractivity contribution in [1.29, 1.82) is 0 Å². The minimum atomic E-state index is 0.227. The molecule has 3 N–H and O–H groups in total. The van der Waals surface area contributed by atoms with Crippen LogP contribution in [0.4, 0.5) is 5.82 Å². The van der Waals surface area contributed by atoms with E-state index in [1.165, 1.54) is 6.33 Å². The van der Waals surface area contributed by atoms with Crippen molar-refractivity contribution in [2.24, 2.45) is 0 Å². The molecule has 2 aromatic heterocycles. The Morgan fingerprint density at radius 1 is 1.41 bits per heavy atom. The van der Waals surface area contributed by atoms with Crippen LogP contribution in [0.3, 0.4) is 0 Å². The molecule has 1 saturated heterocycles.